The second kappa shape index (κ2) is 6.13. The summed E-state index contributed by atoms with van der Waals surface area (Å²) in [6, 6.07) is 8.89. The first-order valence-electron chi connectivity index (χ1n) is 6.32. The molecule has 2 rings (SSSR count). The van der Waals surface area contributed by atoms with E-state index in [1.165, 1.54) is 0 Å². The summed E-state index contributed by atoms with van der Waals surface area (Å²) in [5, 5.41) is 11.7. The van der Waals surface area contributed by atoms with Gasteiger partial charge in [0.1, 0.15) is 0 Å². The van der Waals surface area contributed by atoms with Crippen molar-refractivity contribution in [1.29, 1.82) is 0 Å². The zero-order valence-electron chi connectivity index (χ0n) is 12.1. The molecule has 0 spiro atoms. The second-order valence-electron chi connectivity index (χ2n) is 4.58. The lowest BCUT2D eigenvalue weighted by atomic mass is 10.2. The summed E-state index contributed by atoms with van der Waals surface area (Å²) in [4.78, 5) is 4.27. The van der Waals surface area contributed by atoms with Crippen molar-refractivity contribution in [3.05, 3.63) is 47.2 Å². The van der Waals surface area contributed by atoms with E-state index >= 15 is 0 Å². The standard InChI is InChI=1S/C15H17N3O3/c1-9-4-5-12(13(6-9)20-3)21-14-8-11(15(16)18-19)7-10(2)17-14/h4-8,19H,1-3H3,(H2,16,18). The van der Waals surface area contributed by atoms with Gasteiger partial charge in [0, 0.05) is 17.3 Å². The highest BCUT2D eigenvalue weighted by atomic mass is 16.5. The summed E-state index contributed by atoms with van der Waals surface area (Å²) in [6.45, 7) is 3.76. The molecule has 6 heteroatoms. The maximum atomic E-state index is 8.75. The Morgan fingerprint density at radius 3 is 2.62 bits per heavy atom. The van der Waals surface area contributed by atoms with Crippen LogP contribution >= 0.6 is 0 Å². The first-order chi connectivity index (χ1) is 10.0. The number of amidine groups is 1. The van der Waals surface area contributed by atoms with Crippen molar-refractivity contribution in [2.24, 2.45) is 10.9 Å². The SMILES string of the molecule is COc1cc(C)ccc1Oc1cc(/C(N)=N/O)cc(C)n1. The second-order valence-corrected chi connectivity index (χ2v) is 4.58. The van der Waals surface area contributed by atoms with Crippen LogP contribution in [0.3, 0.4) is 0 Å². The van der Waals surface area contributed by atoms with Crippen LogP contribution in [-0.2, 0) is 0 Å². The van der Waals surface area contributed by atoms with Gasteiger partial charge in [0.25, 0.3) is 0 Å². The lowest BCUT2D eigenvalue weighted by molar-refractivity contribution is 0.318. The summed E-state index contributed by atoms with van der Waals surface area (Å²) in [6.07, 6.45) is 0. The van der Waals surface area contributed by atoms with Gasteiger partial charge in [0.05, 0.1) is 7.11 Å². The topological polar surface area (TPSA) is 90.0 Å². The number of nitrogens with two attached hydrogens (primary N) is 1. The zero-order chi connectivity index (χ0) is 15.4. The fourth-order valence-electron chi connectivity index (χ4n) is 1.87. The normalized spacial score (nSPS) is 11.3. The van der Waals surface area contributed by atoms with Gasteiger partial charge in [-0.3, -0.25) is 0 Å². The van der Waals surface area contributed by atoms with E-state index in [9.17, 15) is 0 Å². The summed E-state index contributed by atoms with van der Waals surface area (Å²) >= 11 is 0. The van der Waals surface area contributed by atoms with Crippen molar-refractivity contribution in [2.45, 2.75) is 13.8 Å². The zero-order valence-corrected chi connectivity index (χ0v) is 12.1. The van der Waals surface area contributed by atoms with Gasteiger partial charge >= 0.3 is 0 Å². The minimum absolute atomic E-state index is 0.00113. The number of ether oxygens (including phenoxy) is 2. The minimum Gasteiger partial charge on any atom is -0.493 e. The number of pyridine rings is 1. The highest BCUT2D eigenvalue weighted by Gasteiger charge is 2.10. The molecule has 21 heavy (non-hydrogen) atoms. The molecule has 0 amide bonds. The van der Waals surface area contributed by atoms with Gasteiger partial charge in [-0.05, 0) is 37.6 Å². The predicted octanol–water partition coefficient (Wildman–Crippen LogP) is 2.59. The number of nitrogens with zero attached hydrogens (tertiary/aromatic N) is 2. The average molecular weight is 287 g/mol. The minimum atomic E-state index is 0.00113. The number of hydrogen-bond donors (Lipinski definition) is 2. The third kappa shape index (κ3) is 3.42. The Hall–Kier alpha value is -2.76. The van der Waals surface area contributed by atoms with Crippen LogP contribution in [0.1, 0.15) is 16.8 Å². The smallest absolute Gasteiger partial charge is 0.220 e. The quantitative estimate of drug-likeness (QED) is 0.390. The van der Waals surface area contributed by atoms with Gasteiger partial charge in [0.2, 0.25) is 5.88 Å². The molecule has 1 aromatic carbocycles. The van der Waals surface area contributed by atoms with E-state index in [-0.39, 0.29) is 5.84 Å². The molecule has 2 aromatic rings. The Balaban J connectivity index is 2.38. The Morgan fingerprint density at radius 1 is 1.19 bits per heavy atom. The summed E-state index contributed by atoms with van der Waals surface area (Å²) in [5.74, 6) is 1.51. The maximum absolute atomic E-state index is 8.75. The molecular formula is C15H17N3O3. The van der Waals surface area contributed by atoms with Crippen LogP contribution in [0.4, 0.5) is 0 Å². The van der Waals surface area contributed by atoms with Crippen LogP contribution in [0.2, 0.25) is 0 Å². The van der Waals surface area contributed by atoms with E-state index < -0.39 is 0 Å². The van der Waals surface area contributed by atoms with E-state index in [2.05, 4.69) is 10.1 Å². The lowest BCUT2D eigenvalue weighted by Gasteiger charge is -2.11. The summed E-state index contributed by atoms with van der Waals surface area (Å²) in [5.41, 5.74) is 7.89. The first kappa shape index (κ1) is 14.6. The molecule has 3 N–H and O–H groups in total. The Kier molecular flexibility index (Phi) is 4.27. The van der Waals surface area contributed by atoms with Crippen molar-refractivity contribution in [3.8, 4) is 17.4 Å². The van der Waals surface area contributed by atoms with Crippen LogP contribution in [0.25, 0.3) is 0 Å². The predicted molar refractivity (Wildman–Crippen MR) is 79.3 cm³/mol. The molecule has 0 unspecified atom stereocenters. The molecule has 0 saturated carbocycles. The third-order valence-corrected chi connectivity index (χ3v) is 2.87. The fraction of sp³-hybridized carbons (Fsp3) is 0.200. The van der Waals surface area contributed by atoms with Gasteiger partial charge < -0.3 is 20.4 Å². The molecule has 0 atom stereocenters. The number of rotatable bonds is 4. The number of benzene rings is 1. The molecule has 1 aromatic heterocycles. The summed E-state index contributed by atoms with van der Waals surface area (Å²) < 4.78 is 11.0. The van der Waals surface area contributed by atoms with Crippen molar-refractivity contribution in [2.75, 3.05) is 7.11 Å². The van der Waals surface area contributed by atoms with Crippen molar-refractivity contribution in [3.63, 3.8) is 0 Å². The number of hydrogen-bond acceptors (Lipinski definition) is 5. The molecule has 110 valence electrons. The van der Waals surface area contributed by atoms with E-state index in [1.807, 2.05) is 19.1 Å². The van der Waals surface area contributed by atoms with E-state index in [0.717, 1.165) is 5.56 Å². The van der Waals surface area contributed by atoms with Gasteiger partial charge in [0.15, 0.2) is 17.3 Å². The highest BCUT2D eigenvalue weighted by Crippen LogP contribution is 2.31. The van der Waals surface area contributed by atoms with Crippen LogP contribution < -0.4 is 15.2 Å². The van der Waals surface area contributed by atoms with Gasteiger partial charge in [-0.15, -0.1) is 0 Å². The van der Waals surface area contributed by atoms with E-state index in [4.69, 9.17) is 20.4 Å². The number of methoxy groups -OCH3 is 1. The maximum Gasteiger partial charge on any atom is 0.220 e. The van der Waals surface area contributed by atoms with Crippen molar-refractivity contribution >= 4 is 5.84 Å². The monoisotopic (exact) mass is 287 g/mol. The largest absolute Gasteiger partial charge is 0.493 e. The average Bonchev–Trinajstić information content (AvgIpc) is 2.47. The number of aromatic nitrogens is 1. The molecule has 0 radical (unpaired) electrons. The lowest BCUT2D eigenvalue weighted by Crippen LogP contribution is -2.13. The molecule has 0 aliphatic rings. The van der Waals surface area contributed by atoms with Crippen molar-refractivity contribution in [1.82, 2.24) is 4.98 Å². The molecule has 0 saturated heterocycles. The molecule has 0 aliphatic carbocycles. The van der Waals surface area contributed by atoms with Crippen LogP contribution in [0.15, 0.2) is 35.5 Å². The Labute approximate surface area is 122 Å². The summed E-state index contributed by atoms with van der Waals surface area (Å²) in [7, 11) is 1.58. The molecule has 0 fully saturated rings. The van der Waals surface area contributed by atoms with Crippen LogP contribution in [0.5, 0.6) is 17.4 Å². The van der Waals surface area contributed by atoms with Gasteiger partial charge in [-0.1, -0.05) is 11.2 Å². The highest BCUT2D eigenvalue weighted by molar-refractivity contribution is 5.97. The Bertz CT molecular complexity index is 684. The van der Waals surface area contributed by atoms with Crippen molar-refractivity contribution < 1.29 is 14.7 Å². The van der Waals surface area contributed by atoms with Gasteiger partial charge in [-0.2, -0.15) is 0 Å². The molecule has 1 heterocycles. The number of oxime groups is 1. The fourth-order valence-corrected chi connectivity index (χ4v) is 1.87. The van der Waals surface area contributed by atoms with Gasteiger partial charge in [-0.25, -0.2) is 4.98 Å². The number of aryl methyl sites for hydroxylation is 2. The molecule has 6 nitrogen and oxygen atoms in total. The van der Waals surface area contributed by atoms with Crippen LogP contribution in [-0.4, -0.2) is 23.1 Å². The Morgan fingerprint density at radius 2 is 1.95 bits per heavy atom. The molecule has 0 bridgehead atoms. The van der Waals surface area contributed by atoms with E-state index in [0.29, 0.717) is 28.6 Å². The van der Waals surface area contributed by atoms with E-state index in [1.54, 1.807) is 32.2 Å². The third-order valence-electron chi connectivity index (χ3n) is 2.87. The first-order valence-corrected chi connectivity index (χ1v) is 6.32. The molecular weight excluding hydrogens is 270 g/mol. The van der Waals surface area contributed by atoms with Crippen LogP contribution in [0, 0.1) is 13.8 Å². The molecule has 0 aliphatic heterocycles.